The van der Waals surface area contributed by atoms with Gasteiger partial charge in [0.1, 0.15) is 48.8 Å². The lowest BCUT2D eigenvalue weighted by molar-refractivity contribution is -0.359. The number of amides is 1. The first-order valence-electron chi connectivity index (χ1n) is 35.2. The van der Waals surface area contributed by atoms with E-state index in [0.717, 1.165) is 44.9 Å². The van der Waals surface area contributed by atoms with Gasteiger partial charge in [0.25, 0.3) is 0 Å². The van der Waals surface area contributed by atoms with Gasteiger partial charge in [0, 0.05) is 6.42 Å². The van der Waals surface area contributed by atoms with Crippen LogP contribution in [0.2, 0.25) is 0 Å². The van der Waals surface area contributed by atoms with Gasteiger partial charge in [0.05, 0.1) is 32.0 Å². The Morgan fingerprint density at radius 3 is 1.17 bits per heavy atom. The van der Waals surface area contributed by atoms with E-state index >= 15 is 0 Å². The molecule has 0 bridgehead atoms. The summed E-state index contributed by atoms with van der Waals surface area (Å²) < 4.78 is 22.8. The van der Waals surface area contributed by atoms with Crippen molar-refractivity contribution >= 4 is 5.91 Å². The van der Waals surface area contributed by atoms with Gasteiger partial charge in [0.15, 0.2) is 12.6 Å². The van der Waals surface area contributed by atoms with Gasteiger partial charge in [-0.15, -0.1) is 0 Å². The minimum absolute atomic E-state index is 0.247. The number of carbonyl (C=O) groups excluding carboxylic acids is 1. The summed E-state index contributed by atoms with van der Waals surface area (Å²) in [5, 5.41) is 87.4. The molecule has 12 atom stereocenters. The molecule has 14 heteroatoms. The number of allylic oxidation sites excluding steroid dienone is 5. The van der Waals surface area contributed by atoms with Crippen LogP contribution in [0.15, 0.2) is 36.5 Å². The standard InChI is InChI=1S/C70H131NO13/c1-3-5-7-9-11-13-15-17-19-21-23-25-27-29-30-32-34-36-38-40-42-44-46-48-50-52-54-62(75)71-58(57-81-69-67(80)65(78)68(61(56-73)83-69)84-70-66(79)64(77)63(76)60(55-72)82-70)59(74)53-51-49-47-45-43-41-39-37-35-33-31-28-26-24-22-20-18-16-14-12-10-8-6-4-2/h35,37,43,45,51,53,58-61,63-70,72-74,76-80H,3-34,36,38-42,44,46-50,52,54-57H2,1-2H3,(H,71,75)/b37-35+,45-43+,53-51+. The summed E-state index contributed by atoms with van der Waals surface area (Å²) in [7, 11) is 0. The molecule has 0 radical (unpaired) electrons. The molecule has 14 nitrogen and oxygen atoms in total. The molecule has 2 fully saturated rings. The summed E-state index contributed by atoms with van der Waals surface area (Å²) >= 11 is 0. The molecule has 2 aliphatic rings. The van der Waals surface area contributed by atoms with Crippen molar-refractivity contribution in [2.45, 2.75) is 383 Å². The Morgan fingerprint density at radius 2 is 0.762 bits per heavy atom. The summed E-state index contributed by atoms with van der Waals surface area (Å²) in [6, 6.07) is -0.937. The van der Waals surface area contributed by atoms with Crippen LogP contribution < -0.4 is 5.32 Å². The molecule has 0 saturated carbocycles. The maximum absolute atomic E-state index is 13.3. The van der Waals surface area contributed by atoms with Crippen LogP contribution in [-0.2, 0) is 23.7 Å². The Bertz CT molecular complexity index is 1550. The third-order valence-corrected chi connectivity index (χ3v) is 17.3. The molecular weight excluding hydrogens is 1060 g/mol. The van der Waals surface area contributed by atoms with E-state index in [0.29, 0.717) is 12.8 Å². The molecule has 2 aliphatic heterocycles. The molecule has 0 aliphatic carbocycles. The van der Waals surface area contributed by atoms with Gasteiger partial charge in [-0.2, -0.15) is 0 Å². The van der Waals surface area contributed by atoms with Crippen LogP contribution in [0.25, 0.3) is 0 Å². The van der Waals surface area contributed by atoms with Crippen molar-refractivity contribution in [3.63, 3.8) is 0 Å². The minimum Gasteiger partial charge on any atom is -0.394 e. The van der Waals surface area contributed by atoms with Crippen LogP contribution in [0.4, 0.5) is 0 Å². The Kier molecular flexibility index (Phi) is 51.5. The van der Waals surface area contributed by atoms with Crippen LogP contribution in [0, 0.1) is 0 Å². The molecule has 1 amide bonds. The fraction of sp³-hybridized carbons (Fsp3) is 0.900. The van der Waals surface area contributed by atoms with E-state index < -0.39 is 86.8 Å². The highest BCUT2D eigenvalue weighted by Gasteiger charge is 2.51. The predicted octanol–water partition coefficient (Wildman–Crippen LogP) is 14.1. The predicted molar refractivity (Wildman–Crippen MR) is 341 cm³/mol. The minimum atomic E-state index is -1.79. The molecule has 0 spiro atoms. The summed E-state index contributed by atoms with van der Waals surface area (Å²) in [6.45, 7) is 2.82. The number of hydrogen-bond acceptors (Lipinski definition) is 13. The van der Waals surface area contributed by atoms with Gasteiger partial charge < -0.3 is 65.1 Å². The van der Waals surface area contributed by atoms with Gasteiger partial charge in [-0.1, -0.05) is 294 Å². The summed E-state index contributed by atoms with van der Waals surface area (Å²) in [6.07, 6.45) is 53.5. The van der Waals surface area contributed by atoms with E-state index in [2.05, 4.69) is 43.5 Å². The Labute approximate surface area is 512 Å². The van der Waals surface area contributed by atoms with Gasteiger partial charge in [-0.05, 0) is 44.9 Å². The maximum atomic E-state index is 13.3. The van der Waals surface area contributed by atoms with Gasteiger partial charge in [-0.3, -0.25) is 4.79 Å². The fourth-order valence-electron chi connectivity index (χ4n) is 11.7. The molecule has 0 aromatic rings. The van der Waals surface area contributed by atoms with Crippen LogP contribution in [0.1, 0.15) is 309 Å². The normalized spacial score (nSPS) is 23.8. The average molecular weight is 1190 g/mol. The van der Waals surface area contributed by atoms with Crippen molar-refractivity contribution in [3.05, 3.63) is 36.5 Å². The van der Waals surface area contributed by atoms with Gasteiger partial charge in [-0.25, -0.2) is 0 Å². The lowest BCUT2D eigenvalue weighted by Gasteiger charge is -2.46. The van der Waals surface area contributed by atoms with E-state index in [1.54, 1.807) is 6.08 Å². The van der Waals surface area contributed by atoms with Crippen molar-refractivity contribution in [2.75, 3.05) is 19.8 Å². The number of nitrogens with one attached hydrogen (secondary N) is 1. The lowest BCUT2D eigenvalue weighted by atomic mass is 9.97. The second kappa shape index (κ2) is 55.3. The first-order chi connectivity index (χ1) is 41.1. The Morgan fingerprint density at radius 1 is 0.417 bits per heavy atom. The molecule has 2 rings (SSSR count). The van der Waals surface area contributed by atoms with E-state index in [1.165, 1.54) is 231 Å². The number of aliphatic hydroxyl groups excluding tert-OH is 8. The molecule has 2 saturated heterocycles. The number of hydrogen-bond donors (Lipinski definition) is 9. The zero-order valence-electron chi connectivity index (χ0n) is 53.7. The molecular formula is C70H131NO13. The number of carbonyl (C=O) groups is 1. The Hall–Kier alpha value is -1.79. The summed E-state index contributed by atoms with van der Waals surface area (Å²) in [5.74, 6) is -0.247. The third-order valence-electron chi connectivity index (χ3n) is 17.3. The number of aliphatic hydroxyl groups is 8. The summed E-state index contributed by atoms with van der Waals surface area (Å²) in [5.41, 5.74) is 0. The monoisotopic (exact) mass is 1190 g/mol. The first-order valence-corrected chi connectivity index (χ1v) is 35.2. The SMILES string of the molecule is CCCCCCCCCCCCCCCC/C=C/CC/C=C/CC/C=C/C(O)C(COC1OC(CO)C(OC2OC(CO)C(O)C(O)C2O)C(O)C1O)NC(=O)CCCCCCCCCCCCCCCCCCCCCCCCCCCC. The molecule has 0 aromatic heterocycles. The first kappa shape index (κ1) is 78.3. The largest absolute Gasteiger partial charge is 0.394 e. The zero-order valence-corrected chi connectivity index (χ0v) is 53.7. The zero-order chi connectivity index (χ0) is 60.9. The van der Waals surface area contributed by atoms with Crippen molar-refractivity contribution in [1.82, 2.24) is 5.32 Å². The maximum Gasteiger partial charge on any atom is 0.220 e. The fourth-order valence-corrected chi connectivity index (χ4v) is 11.7. The van der Waals surface area contributed by atoms with E-state index in [-0.39, 0.29) is 18.9 Å². The topological polar surface area (TPSA) is 228 Å². The van der Waals surface area contributed by atoms with Crippen molar-refractivity contribution in [1.29, 1.82) is 0 Å². The number of unbranched alkanes of at least 4 members (excludes halogenated alkanes) is 41. The average Bonchev–Trinajstić information content (AvgIpc) is 3.62. The molecule has 12 unspecified atom stereocenters. The molecule has 0 aromatic carbocycles. The Balaban J connectivity index is 1.70. The highest BCUT2D eigenvalue weighted by atomic mass is 16.7. The number of ether oxygens (including phenoxy) is 4. The van der Waals surface area contributed by atoms with Crippen LogP contribution in [0.5, 0.6) is 0 Å². The molecule has 9 N–H and O–H groups in total. The van der Waals surface area contributed by atoms with Crippen LogP contribution >= 0.6 is 0 Å². The highest BCUT2D eigenvalue weighted by Crippen LogP contribution is 2.30. The molecule has 494 valence electrons. The quantitative estimate of drug-likeness (QED) is 0.0204. The van der Waals surface area contributed by atoms with Crippen LogP contribution in [-0.4, -0.2) is 140 Å². The van der Waals surface area contributed by atoms with Gasteiger partial charge in [0.2, 0.25) is 5.91 Å². The van der Waals surface area contributed by atoms with Gasteiger partial charge >= 0.3 is 0 Å². The number of rotatable bonds is 58. The van der Waals surface area contributed by atoms with E-state index in [9.17, 15) is 45.6 Å². The smallest absolute Gasteiger partial charge is 0.220 e. The van der Waals surface area contributed by atoms with Crippen molar-refractivity contribution < 1.29 is 64.6 Å². The molecule has 84 heavy (non-hydrogen) atoms. The second-order valence-corrected chi connectivity index (χ2v) is 25.0. The third kappa shape index (κ3) is 39.3. The van der Waals surface area contributed by atoms with E-state index in [1.807, 2.05) is 6.08 Å². The lowest BCUT2D eigenvalue weighted by Crippen LogP contribution is -2.65. The van der Waals surface area contributed by atoms with Crippen LogP contribution in [0.3, 0.4) is 0 Å². The van der Waals surface area contributed by atoms with Crippen molar-refractivity contribution in [2.24, 2.45) is 0 Å². The van der Waals surface area contributed by atoms with E-state index in [4.69, 9.17) is 18.9 Å². The summed E-state index contributed by atoms with van der Waals surface area (Å²) in [4.78, 5) is 13.3. The highest BCUT2D eigenvalue weighted by molar-refractivity contribution is 5.76. The van der Waals surface area contributed by atoms with Crippen molar-refractivity contribution in [3.8, 4) is 0 Å². The molecule has 2 heterocycles. The second-order valence-electron chi connectivity index (χ2n) is 25.0.